The van der Waals surface area contributed by atoms with E-state index >= 15 is 0 Å². The van der Waals surface area contributed by atoms with Gasteiger partial charge in [-0.2, -0.15) is 0 Å². The maximum atomic E-state index is 12.8. The Balaban J connectivity index is 2.19. The quantitative estimate of drug-likeness (QED) is 0.912. The maximum Gasteiger partial charge on any atom is 0.254 e. The fourth-order valence-electron chi connectivity index (χ4n) is 2.91. The molecule has 1 fully saturated rings. The molecule has 2 unspecified atom stereocenters. The Morgan fingerprint density at radius 1 is 1.45 bits per heavy atom. The van der Waals surface area contributed by atoms with Gasteiger partial charge >= 0.3 is 0 Å². The third-order valence-electron chi connectivity index (χ3n) is 4.16. The number of carbonyl (C=O) groups excluding carboxylic acids is 1. The van der Waals surface area contributed by atoms with Crippen LogP contribution in [0.3, 0.4) is 0 Å². The molecule has 2 atom stereocenters. The highest BCUT2D eigenvalue weighted by molar-refractivity contribution is 5.96. The molecule has 0 radical (unpaired) electrons. The van der Waals surface area contributed by atoms with E-state index in [9.17, 15) is 4.79 Å². The van der Waals surface area contributed by atoms with Crippen LogP contribution in [0.25, 0.3) is 0 Å². The van der Waals surface area contributed by atoms with E-state index in [0.717, 1.165) is 36.9 Å². The molecule has 1 amide bonds. The highest BCUT2D eigenvalue weighted by Crippen LogP contribution is 2.22. The number of nitrogens with two attached hydrogens (primary N) is 1. The van der Waals surface area contributed by atoms with Crippen molar-refractivity contribution in [3.63, 3.8) is 0 Å². The molecule has 2 N–H and O–H groups in total. The predicted molar refractivity (Wildman–Crippen MR) is 79.7 cm³/mol. The van der Waals surface area contributed by atoms with Gasteiger partial charge in [0.2, 0.25) is 0 Å². The number of hydrogen-bond donors (Lipinski definition) is 1. The van der Waals surface area contributed by atoms with Gasteiger partial charge in [0.1, 0.15) is 0 Å². The Morgan fingerprint density at radius 2 is 2.20 bits per heavy atom. The third-order valence-corrected chi connectivity index (χ3v) is 4.16. The van der Waals surface area contributed by atoms with Crippen LogP contribution < -0.4 is 5.73 Å². The average Bonchev–Trinajstić information content (AvgIpc) is 2.53. The number of methoxy groups -OCH3 is 1. The van der Waals surface area contributed by atoms with Crippen LogP contribution in [0.15, 0.2) is 24.3 Å². The molecule has 1 aromatic rings. The summed E-state index contributed by atoms with van der Waals surface area (Å²) in [5.74, 6) is 0.104. The van der Waals surface area contributed by atoms with E-state index in [4.69, 9.17) is 10.5 Å². The Morgan fingerprint density at radius 3 is 2.85 bits per heavy atom. The minimum atomic E-state index is 0.0751. The number of amides is 1. The minimum Gasteiger partial charge on any atom is -0.381 e. The summed E-state index contributed by atoms with van der Waals surface area (Å²) < 4.78 is 5.41. The second kappa shape index (κ2) is 6.86. The van der Waals surface area contributed by atoms with E-state index in [1.165, 1.54) is 0 Å². The monoisotopic (exact) mass is 276 g/mol. The summed E-state index contributed by atoms with van der Waals surface area (Å²) in [6, 6.07) is 7.91. The normalized spacial score (nSPS) is 22.9. The van der Waals surface area contributed by atoms with Crippen LogP contribution in [0, 0.1) is 0 Å². The molecule has 0 spiro atoms. The maximum absolute atomic E-state index is 12.8. The van der Waals surface area contributed by atoms with Crippen LogP contribution in [0.2, 0.25) is 0 Å². The number of ether oxygens (including phenoxy) is 1. The molecular weight excluding hydrogens is 252 g/mol. The predicted octanol–water partition coefficient (Wildman–Crippen LogP) is 1.83. The van der Waals surface area contributed by atoms with Crippen molar-refractivity contribution in [3.8, 4) is 0 Å². The van der Waals surface area contributed by atoms with Crippen molar-refractivity contribution in [2.24, 2.45) is 5.73 Å². The Kier molecular flexibility index (Phi) is 5.15. The molecule has 4 heteroatoms. The lowest BCUT2D eigenvalue weighted by molar-refractivity contribution is 0.0138. The fourth-order valence-corrected chi connectivity index (χ4v) is 2.91. The number of aryl methyl sites for hydroxylation is 1. The van der Waals surface area contributed by atoms with E-state index in [1.54, 1.807) is 7.11 Å². The molecule has 4 nitrogen and oxygen atoms in total. The Hall–Kier alpha value is -1.39. The van der Waals surface area contributed by atoms with E-state index in [2.05, 4.69) is 6.92 Å². The van der Waals surface area contributed by atoms with Gasteiger partial charge in [-0.15, -0.1) is 0 Å². The molecule has 1 aliphatic rings. The molecule has 2 rings (SSSR count). The Labute approximate surface area is 120 Å². The topological polar surface area (TPSA) is 55.6 Å². The van der Waals surface area contributed by atoms with Gasteiger partial charge in [-0.3, -0.25) is 4.79 Å². The van der Waals surface area contributed by atoms with Gasteiger partial charge in [0.05, 0.1) is 6.10 Å². The zero-order valence-corrected chi connectivity index (χ0v) is 12.3. The third kappa shape index (κ3) is 3.02. The van der Waals surface area contributed by atoms with Crippen molar-refractivity contribution in [2.75, 3.05) is 20.2 Å². The number of carbonyl (C=O) groups is 1. The number of hydrogen-bond acceptors (Lipinski definition) is 3. The van der Waals surface area contributed by atoms with Crippen LogP contribution in [0.4, 0.5) is 0 Å². The molecule has 110 valence electrons. The van der Waals surface area contributed by atoms with Crippen LogP contribution in [-0.4, -0.2) is 43.2 Å². The van der Waals surface area contributed by atoms with Gasteiger partial charge in [0, 0.05) is 31.8 Å². The summed E-state index contributed by atoms with van der Waals surface area (Å²) in [5, 5.41) is 0. The van der Waals surface area contributed by atoms with Gasteiger partial charge in [-0.05, 0) is 30.9 Å². The van der Waals surface area contributed by atoms with Gasteiger partial charge in [0.15, 0.2) is 0 Å². The first-order chi connectivity index (χ1) is 9.71. The van der Waals surface area contributed by atoms with Crippen molar-refractivity contribution in [1.29, 1.82) is 0 Å². The zero-order chi connectivity index (χ0) is 14.5. The van der Waals surface area contributed by atoms with E-state index in [-0.39, 0.29) is 18.1 Å². The minimum absolute atomic E-state index is 0.0751. The molecule has 1 aromatic carbocycles. The van der Waals surface area contributed by atoms with E-state index in [1.807, 2.05) is 29.2 Å². The average molecular weight is 276 g/mol. The lowest BCUT2D eigenvalue weighted by Crippen LogP contribution is -2.51. The summed E-state index contributed by atoms with van der Waals surface area (Å²) in [4.78, 5) is 14.7. The smallest absolute Gasteiger partial charge is 0.254 e. The lowest BCUT2D eigenvalue weighted by Gasteiger charge is -2.38. The highest BCUT2D eigenvalue weighted by atomic mass is 16.5. The van der Waals surface area contributed by atoms with Crippen molar-refractivity contribution < 1.29 is 9.53 Å². The molecule has 0 saturated carbocycles. The molecule has 20 heavy (non-hydrogen) atoms. The van der Waals surface area contributed by atoms with Gasteiger partial charge < -0.3 is 15.4 Å². The number of benzene rings is 1. The van der Waals surface area contributed by atoms with Crippen LogP contribution in [-0.2, 0) is 11.2 Å². The molecule has 1 saturated heterocycles. The first-order valence-corrected chi connectivity index (χ1v) is 7.33. The molecule has 1 heterocycles. The van der Waals surface area contributed by atoms with Crippen LogP contribution >= 0.6 is 0 Å². The SMILES string of the molecule is CCc1ccccc1C(=O)N1CCC(OC)CC1CN. The highest BCUT2D eigenvalue weighted by Gasteiger charge is 2.31. The Bertz CT molecular complexity index is 462. The van der Waals surface area contributed by atoms with Crippen LogP contribution in [0.5, 0.6) is 0 Å². The second-order valence-electron chi connectivity index (χ2n) is 5.28. The summed E-state index contributed by atoms with van der Waals surface area (Å²) >= 11 is 0. The van der Waals surface area contributed by atoms with Gasteiger partial charge in [0.25, 0.3) is 5.91 Å². The van der Waals surface area contributed by atoms with E-state index < -0.39 is 0 Å². The molecular formula is C16H24N2O2. The lowest BCUT2D eigenvalue weighted by atomic mass is 9.96. The largest absolute Gasteiger partial charge is 0.381 e. The van der Waals surface area contributed by atoms with Crippen molar-refractivity contribution >= 4 is 5.91 Å². The summed E-state index contributed by atoms with van der Waals surface area (Å²) in [6.45, 7) is 3.28. The van der Waals surface area contributed by atoms with Crippen molar-refractivity contribution in [3.05, 3.63) is 35.4 Å². The zero-order valence-electron chi connectivity index (χ0n) is 12.3. The van der Waals surface area contributed by atoms with Crippen molar-refractivity contribution in [1.82, 2.24) is 4.90 Å². The summed E-state index contributed by atoms with van der Waals surface area (Å²) in [5.41, 5.74) is 7.76. The molecule has 1 aliphatic heterocycles. The first kappa shape index (κ1) is 15.0. The number of piperidine rings is 1. The number of likely N-dealkylation sites (tertiary alicyclic amines) is 1. The molecule has 0 bridgehead atoms. The number of nitrogens with zero attached hydrogens (tertiary/aromatic N) is 1. The first-order valence-electron chi connectivity index (χ1n) is 7.33. The summed E-state index contributed by atoms with van der Waals surface area (Å²) in [6.07, 6.45) is 2.79. The van der Waals surface area contributed by atoms with Crippen LogP contribution in [0.1, 0.15) is 35.7 Å². The number of rotatable bonds is 4. The molecule has 0 aliphatic carbocycles. The van der Waals surface area contributed by atoms with Crippen molar-refractivity contribution in [2.45, 2.75) is 38.3 Å². The fraction of sp³-hybridized carbons (Fsp3) is 0.562. The van der Waals surface area contributed by atoms with Gasteiger partial charge in [-0.1, -0.05) is 25.1 Å². The van der Waals surface area contributed by atoms with E-state index in [0.29, 0.717) is 6.54 Å². The van der Waals surface area contributed by atoms with Gasteiger partial charge in [-0.25, -0.2) is 0 Å². The summed E-state index contributed by atoms with van der Waals surface area (Å²) in [7, 11) is 1.72. The molecule has 0 aromatic heterocycles. The standard InChI is InChI=1S/C16H24N2O2/c1-3-12-6-4-5-7-15(12)16(19)18-9-8-14(20-2)10-13(18)11-17/h4-7,13-14H,3,8-11,17H2,1-2H3. The second-order valence-corrected chi connectivity index (χ2v) is 5.28.